The molecule has 1 aromatic rings. The Morgan fingerprint density at radius 2 is 1.60 bits per heavy atom. The van der Waals surface area contributed by atoms with Crippen LogP contribution in [0.2, 0.25) is 0 Å². The third kappa shape index (κ3) is 2.42. The Hall–Kier alpha value is -1.21. The summed E-state index contributed by atoms with van der Waals surface area (Å²) in [5.74, 6) is -0.724. The van der Waals surface area contributed by atoms with Crippen molar-refractivity contribution >= 4 is 55.3 Å². The number of halogens is 2. The second-order valence-corrected chi connectivity index (χ2v) is 8.90. The summed E-state index contributed by atoms with van der Waals surface area (Å²) in [6.45, 7) is 2.05. The van der Waals surface area contributed by atoms with Gasteiger partial charge in [-0.1, -0.05) is 31.9 Å². The summed E-state index contributed by atoms with van der Waals surface area (Å²) in [6.07, 6.45) is 0.911. The van der Waals surface area contributed by atoms with Gasteiger partial charge in [0.1, 0.15) is 0 Å². The van der Waals surface area contributed by atoms with E-state index in [1.165, 1.54) is 4.90 Å². The third-order valence-corrected chi connectivity index (χ3v) is 8.83. The average molecular weight is 471 g/mol. The number of nitrogens with zero attached hydrogens (tertiary/aromatic N) is 1. The minimum atomic E-state index is -0.410. The standard InChI is InChI=1S/C18H17Br2NO4/c1-2-25-18(24)8-3-5-9(6-4-8)21-16(22)12-10-7-11(13(12)17(21)23)15(20)14(10)19/h3-6,10-15H,2,7H2,1H3/t10-,11-,12-,13+,14-,15+/m0/s1. The molecule has 3 aliphatic rings. The molecule has 1 aliphatic heterocycles. The SMILES string of the molecule is CCOC(=O)c1ccc(N2C(=O)[C@@H]3[C@@H]4C[C@H]([C@H](Br)[C@@H]4Br)[C@@H]3C2=O)cc1. The van der Waals surface area contributed by atoms with E-state index in [-0.39, 0.29) is 45.1 Å². The topological polar surface area (TPSA) is 63.7 Å². The van der Waals surface area contributed by atoms with Crippen LogP contribution in [0.15, 0.2) is 24.3 Å². The van der Waals surface area contributed by atoms with Crippen molar-refractivity contribution in [1.82, 2.24) is 0 Å². The van der Waals surface area contributed by atoms with E-state index in [4.69, 9.17) is 4.74 Å². The molecule has 0 unspecified atom stereocenters. The highest BCUT2D eigenvalue weighted by molar-refractivity contribution is 9.12. The first kappa shape index (κ1) is 17.2. The van der Waals surface area contributed by atoms with E-state index in [2.05, 4.69) is 31.9 Å². The van der Waals surface area contributed by atoms with Crippen LogP contribution in [0.1, 0.15) is 23.7 Å². The fourth-order valence-corrected chi connectivity index (χ4v) is 6.44. The van der Waals surface area contributed by atoms with E-state index in [1.54, 1.807) is 31.2 Å². The van der Waals surface area contributed by atoms with Crippen LogP contribution in [0.25, 0.3) is 0 Å². The Kier molecular flexibility index (Phi) is 4.27. The van der Waals surface area contributed by atoms with Crippen LogP contribution in [0, 0.1) is 23.7 Å². The van der Waals surface area contributed by atoms with Crippen LogP contribution in [-0.2, 0) is 14.3 Å². The number of ether oxygens (including phenoxy) is 1. The van der Waals surface area contributed by atoms with E-state index < -0.39 is 5.97 Å². The summed E-state index contributed by atoms with van der Waals surface area (Å²) >= 11 is 7.36. The maximum Gasteiger partial charge on any atom is 0.338 e. The van der Waals surface area contributed by atoms with E-state index in [0.29, 0.717) is 17.9 Å². The Bertz CT molecular complexity index is 718. The molecule has 0 radical (unpaired) electrons. The number of hydrogen-bond acceptors (Lipinski definition) is 4. The summed E-state index contributed by atoms with van der Waals surface area (Å²) in [7, 11) is 0. The van der Waals surface area contributed by atoms with Crippen molar-refractivity contribution in [3.63, 3.8) is 0 Å². The predicted molar refractivity (Wildman–Crippen MR) is 98.9 cm³/mol. The Labute approximate surface area is 162 Å². The number of alkyl halides is 2. The minimum Gasteiger partial charge on any atom is -0.462 e. The molecule has 0 aromatic heterocycles. The zero-order chi connectivity index (χ0) is 17.9. The molecule has 2 saturated carbocycles. The first-order valence-corrected chi connectivity index (χ1v) is 10.2. The molecular formula is C18H17Br2NO4. The number of amides is 2. The molecule has 2 bridgehead atoms. The number of benzene rings is 1. The van der Waals surface area contributed by atoms with Crippen LogP contribution in [-0.4, -0.2) is 34.0 Å². The normalized spacial score (nSPS) is 36.0. The third-order valence-electron chi connectivity index (χ3n) is 5.62. The number of carbonyl (C=O) groups is 3. The fraction of sp³-hybridized carbons (Fsp3) is 0.500. The van der Waals surface area contributed by atoms with Gasteiger partial charge in [-0.15, -0.1) is 0 Å². The van der Waals surface area contributed by atoms with Gasteiger partial charge in [0.05, 0.1) is 29.7 Å². The van der Waals surface area contributed by atoms with Crippen molar-refractivity contribution in [1.29, 1.82) is 0 Å². The van der Waals surface area contributed by atoms with Crippen molar-refractivity contribution in [3.05, 3.63) is 29.8 Å². The smallest absolute Gasteiger partial charge is 0.338 e. The van der Waals surface area contributed by atoms with Crippen molar-refractivity contribution in [2.75, 3.05) is 11.5 Å². The Morgan fingerprint density at radius 3 is 2.08 bits per heavy atom. The predicted octanol–water partition coefficient (Wildman–Crippen LogP) is 3.15. The molecule has 25 heavy (non-hydrogen) atoms. The van der Waals surface area contributed by atoms with Gasteiger partial charge in [-0.2, -0.15) is 0 Å². The molecule has 1 aromatic carbocycles. The average Bonchev–Trinajstić information content (AvgIpc) is 3.20. The number of anilines is 1. The molecule has 0 N–H and O–H groups in total. The lowest BCUT2D eigenvalue weighted by Crippen LogP contribution is -2.37. The summed E-state index contributed by atoms with van der Waals surface area (Å²) in [5.41, 5.74) is 0.931. The molecule has 1 saturated heterocycles. The molecule has 132 valence electrons. The molecular weight excluding hydrogens is 454 g/mol. The fourth-order valence-electron chi connectivity index (χ4n) is 4.56. The summed E-state index contributed by atoms with van der Waals surface area (Å²) in [5, 5.41) is 0. The van der Waals surface area contributed by atoms with Crippen LogP contribution >= 0.6 is 31.9 Å². The summed E-state index contributed by atoms with van der Waals surface area (Å²) in [4.78, 5) is 39.4. The molecule has 5 nitrogen and oxygen atoms in total. The van der Waals surface area contributed by atoms with Crippen LogP contribution < -0.4 is 4.90 Å². The highest BCUT2D eigenvalue weighted by Gasteiger charge is 2.66. The van der Waals surface area contributed by atoms with Gasteiger partial charge in [-0.25, -0.2) is 4.79 Å². The zero-order valence-corrected chi connectivity index (χ0v) is 16.7. The number of imide groups is 1. The van der Waals surface area contributed by atoms with Crippen LogP contribution in [0.3, 0.4) is 0 Å². The number of hydrogen-bond donors (Lipinski definition) is 0. The van der Waals surface area contributed by atoms with Gasteiger partial charge in [0.25, 0.3) is 0 Å². The van der Waals surface area contributed by atoms with Crippen LogP contribution in [0.5, 0.6) is 0 Å². The van der Waals surface area contributed by atoms with E-state index in [0.717, 1.165) is 6.42 Å². The van der Waals surface area contributed by atoms with Gasteiger partial charge in [0.15, 0.2) is 0 Å². The largest absolute Gasteiger partial charge is 0.462 e. The van der Waals surface area contributed by atoms with E-state index in [9.17, 15) is 14.4 Å². The van der Waals surface area contributed by atoms with Gasteiger partial charge in [0.2, 0.25) is 11.8 Å². The summed E-state index contributed by atoms with van der Waals surface area (Å²) < 4.78 is 4.96. The lowest BCUT2D eigenvalue weighted by Gasteiger charge is -2.28. The lowest BCUT2D eigenvalue weighted by atomic mass is 9.81. The zero-order valence-electron chi connectivity index (χ0n) is 13.5. The van der Waals surface area contributed by atoms with E-state index >= 15 is 0 Å². The Morgan fingerprint density at radius 1 is 1.08 bits per heavy atom. The molecule has 1 heterocycles. The maximum absolute atomic E-state index is 12.9. The minimum absolute atomic E-state index is 0.116. The van der Waals surface area contributed by atoms with Crippen molar-refractivity contribution in [3.8, 4) is 0 Å². The molecule has 6 atom stereocenters. The number of rotatable bonds is 3. The monoisotopic (exact) mass is 469 g/mol. The van der Waals surface area contributed by atoms with Gasteiger partial charge >= 0.3 is 5.97 Å². The van der Waals surface area contributed by atoms with Crippen LogP contribution in [0.4, 0.5) is 5.69 Å². The van der Waals surface area contributed by atoms with E-state index in [1.807, 2.05) is 0 Å². The second-order valence-electron chi connectivity index (χ2n) is 6.78. The van der Waals surface area contributed by atoms with Crippen molar-refractivity contribution in [2.45, 2.75) is 23.0 Å². The highest BCUT2D eigenvalue weighted by Crippen LogP contribution is 2.60. The second kappa shape index (κ2) is 6.20. The van der Waals surface area contributed by atoms with Crippen molar-refractivity contribution in [2.24, 2.45) is 23.7 Å². The molecule has 2 amide bonds. The number of fused-ring (bicyclic) bond motifs is 5. The molecule has 4 rings (SSSR count). The lowest BCUT2D eigenvalue weighted by molar-refractivity contribution is -0.123. The quantitative estimate of drug-likeness (QED) is 0.386. The first-order valence-electron chi connectivity index (χ1n) is 8.38. The highest BCUT2D eigenvalue weighted by atomic mass is 79.9. The number of esters is 1. The molecule has 0 spiro atoms. The molecule has 3 fully saturated rings. The van der Waals surface area contributed by atoms with Gasteiger partial charge in [-0.3, -0.25) is 14.5 Å². The molecule has 7 heteroatoms. The van der Waals surface area contributed by atoms with Gasteiger partial charge in [0, 0.05) is 9.65 Å². The first-order chi connectivity index (χ1) is 12.0. The Balaban J connectivity index is 1.61. The molecule has 2 aliphatic carbocycles. The number of carbonyl (C=O) groups excluding carboxylic acids is 3. The van der Waals surface area contributed by atoms with Gasteiger partial charge < -0.3 is 4.74 Å². The van der Waals surface area contributed by atoms with Gasteiger partial charge in [-0.05, 0) is 49.4 Å². The van der Waals surface area contributed by atoms with Crippen molar-refractivity contribution < 1.29 is 19.1 Å². The summed E-state index contributed by atoms with van der Waals surface area (Å²) in [6, 6.07) is 6.47. The maximum atomic E-state index is 12.9.